The summed E-state index contributed by atoms with van der Waals surface area (Å²) in [5, 5.41) is 4.44. The average Bonchev–Trinajstić information content (AvgIpc) is 3.24. The van der Waals surface area contributed by atoms with Gasteiger partial charge in [-0.1, -0.05) is 47.1 Å². The van der Waals surface area contributed by atoms with E-state index in [2.05, 4.69) is 5.16 Å². The predicted octanol–water partition coefficient (Wildman–Crippen LogP) is 3.14. The summed E-state index contributed by atoms with van der Waals surface area (Å²) < 4.78 is 32.1. The number of benzene rings is 2. The third-order valence-electron chi connectivity index (χ3n) is 4.77. The summed E-state index contributed by atoms with van der Waals surface area (Å²) in [5.41, 5.74) is 1.44. The zero-order chi connectivity index (χ0) is 20.4. The number of rotatable bonds is 4. The molecule has 150 valence electrons. The molecule has 0 bridgehead atoms. The summed E-state index contributed by atoms with van der Waals surface area (Å²) in [6, 6.07) is 17.1. The predicted molar refractivity (Wildman–Crippen MR) is 108 cm³/mol. The summed E-state index contributed by atoms with van der Waals surface area (Å²) in [6.45, 7) is 0.951. The highest BCUT2D eigenvalue weighted by Crippen LogP contribution is 2.22. The Hall–Kier alpha value is -2.68. The normalized spacial score (nSPS) is 15.4. The molecule has 4 rings (SSSR count). The molecule has 1 fully saturated rings. The van der Waals surface area contributed by atoms with Crippen LogP contribution in [0.5, 0.6) is 0 Å². The second kappa shape index (κ2) is 7.98. The molecule has 0 aliphatic carbocycles. The van der Waals surface area contributed by atoms with Gasteiger partial charge in [0.05, 0.1) is 4.90 Å². The van der Waals surface area contributed by atoms with Gasteiger partial charge in [0, 0.05) is 42.8 Å². The molecule has 1 saturated heterocycles. The first-order valence-electron chi connectivity index (χ1n) is 9.02. The molecule has 2 aromatic carbocycles. The van der Waals surface area contributed by atoms with E-state index in [0.717, 1.165) is 5.56 Å². The topological polar surface area (TPSA) is 83.7 Å². The number of piperazine rings is 1. The zero-order valence-electron chi connectivity index (χ0n) is 15.4. The highest BCUT2D eigenvalue weighted by molar-refractivity contribution is 7.89. The van der Waals surface area contributed by atoms with Gasteiger partial charge in [0.1, 0.15) is 5.69 Å². The molecule has 0 unspecified atom stereocenters. The van der Waals surface area contributed by atoms with Crippen molar-refractivity contribution in [3.8, 4) is 11.3 Å². The number of carbonyl (C=O) groups is 1. The fraction of sp³-hybridized carbons (Fsp3) is 0.200. The van der Waals surface area contributed by atoms with Crippen LogP contribution < -0.4 is 0 Å². The Morgan fingerprint density at radius 1 is 0.966 bits per heavy atom. The Bertz CT molecular complexity index is 1110. The van der Waals surface area contributed by atoms with Gasteiger partial charge in [0.15, 0.2) is 0 Å². The molecule has 1 amide bonds. The van der Waals surface area contributed by atoms with Crippen LogP contribution in [0.25, 0.3) is 11.3 Å². The van der Waals surface area contributed by atoms with Crippen molar-refractivity contribution < 1.29 is 17.7 Å². The van der Waals surface area contributed by atoms with Gasteiger partial charge in [0.25, 0.3) is 5.91 Å². The number of carbonyl (C=O) groups excluding carboxylic acids is 1. The number of sulfonamides is 1. The maximum Gasteiger partial charge on any atom is 0.292 e. The Kier molecular flexibility index (Phi) is 5.40. The second-order valence-electron chi connectivity index (χ2n) is 6.59. The maximum atomic E-state index is 12.8. The fourth-order valence-electron chi connectivity index (χ4n) is 3.16. The smallest absolute Gasteiger partial charge is 0.292 e. The second-order valence-corrected chi connectivity index (χ2v) is 8.97. The van der Waals surface area contributed by atoms with Crippen molar-refractivity contribution in [1.29, 1.82) is 0 Å². The molecule has 0 saturated carbocycles. The summed E-state index contributed by atoms with van der Waals surface area (Å²) in [7, 11) is -3.62. The molecular weight excluding hydrogens is 414 g/mol. The quantitative estimate of drug-likeness (QED) is 0.633. The lowest BCUT2D eigenvalue weighted by molar-refractivity contribution is 0.0656. The first kappa shape index (κ1) is 19.6. The van der Waals surface area contributed by atoms with Gasteiger partial charge in [-0.05, 0) is 24.3 Å². The van der Waals surface area contributed by atoms with Gasteiger partial charge in [-0.3, -0.25) is 4.79 Å². The number of nitrogens with zero attached hydrogens (tertiary/aromatic N) is 3. The average molecular weight is 432 g/mol. The Morgan fingerprint density at radius 2 is 1.62 bits per heavy atom. The van der Waals surface area contributed by atoms with Gasteiger partial charge in [-0.25, -0.2) is 8.42 Å². The first-order chi connectivity index (χ1) is 13.9. The lowest BCUT2D eigenvalue weighted by Gasteiger charge is -2.33. The minimum Gasteiger partial charge on any atom is -0.350 e. The first-order valence-corrected chi connectivity index (χ1v) is 10.8. The van der Waals surface area contributed by atoms with E-state index < -0.39 is 10.0 Å². The monoisotopic (exact) mass is 431 g/mol. The van der Waals surface area contributed by atoms with Crippen LogP contribution in [0, 0.1) is 0 Å². The number of aromatic nitrogens is 1. The van der Waals surface area contributed by atoms with Crippen molar-refractivity contribution in [2.24, 2.45) is 0 Å². The Morgan fingerprint density at radius 3 is 2.28 bits per heavy atom. The molecule has 2 heterocycles. The molecule has 1 aliphatic rings. The molecular formula is C20H18ClN3O4S. The van der Waals surface area contributed by atoms with Crippen LogP contribution in [0.2, 0.25) is 5.02 Å². The molecule has 0 N–H and O–H groups in total. The summed E-state index contributed by atoms with van der Waals surface area (Å²) in [5.74, 6) is -0.166. The molecule has 0 atom stereocenters. The van der Waals surface area contributed by atoms with Crippen molar-refractivity contribution in [1.82, 2.24) is 14.4 Å². The van der Waals surface area contributed by atoms with Gasteiger partial charge in [0.2, 0.25) is 15.8 Å². The van der Waals surface area contributed by atoms with Crippen LogP contribution in [-0.2, 0) is 10.0 Å². The summed E-state index contributed by atoms with van der Waals surface area (Å²) >= 11 is 5.83. The molecule has 1 aromatic heterocycles. The molecule has 0 spiro atoms. The molecule has 1 aliphatic heterocycles. The van der Waals surface area contributed by atoms with Crippen molar-refractivity contribution in [2.45, 2.75) is 4.90 Å². The van der Waals surface area contributed by atoms with Crippen molar-refractivity contribution >= 4 is 27.5 Å². The van der Waals surface area contributed by atoms with Crippen molar-refractivity contribution in [3.05, 3.63) is 71.4 Å². The molecule has 0 radical (unpaired) electrons. The Labute approximate surface area is 173 Å². The van der Waals surface area contributed by atoms with E-state index in [1.165, 1.54) is 16.4 Å². The SMILES string of the molecule is O=C(c1cc(-c2ccccc2)no1)N1CCN(S(=O)(=O)c2ccc(Cl)cc2)CC1. The van der Waals surface area contributed by atoms with Crippen LogP contribution in [0.4, 0.5) is 0 Å². The summed E-state index contributed by atoms with van der Waals surface area (Å²) in [6.07, 6.45) is 0. The van der Waals surface area contributed by atoms with Crippen LogP contribution in [0.1, 0.15) is 10.6 Å². The van der Waals surface area contributed by atoms with Gasteiger partial charge >= 0.3 is 0 Å². The molecule has 29 heavy (non-hydrogen) atoms. The highest BCUT2D eigenvalue weighted by Gasteiger charge is 2.31. The van der Waals surface area contributed by atoms with Crippen LogP contribution >= 0.6 is 11.6 Å². The van der Waals surface area contributed by atoms with E-state index in [4.69, 9.17) is 16.1 Å². The van der Waals surface area contributed by atoms with E-state index in [9.17, 15) is 13.2 Å². The van der Waals surface area contributed by atoms with Gasteiger partial charge < -0.3 is 9.42 Å². The highest BCUT2D eigenvalue weighted by atomic mass is 35.5. The lowest BCUT2D eigenvalue weighted by atomic mass is 10.1. The minimum absolute atomic E-state index is 0.137. The maximum absolute atomic E-state index is 12.8. The standard InChI is InChI=1S/C20H18ClN3O4S/c21-16-6-8-17(9-7-16)29(26,27)24-12-10-23(11-13-24)20(25)19-14-18(22-28-19)15-4-2-1-3-5-15/h1-9,14H,10-13H2. The molecule has 7 nitrogen and oxygen atoms in total. The summed E-state index contributed by atoms with van der Waals surface area (Å²) in [4.78, 5) is 14.5. The zero-order valence-corrected chi connectivity index (χ0v) is 16.9. The van der Waals surface area contributed by atoms with E-state index in [-0.39, 0.29) is 42.7 Å². The molecule has 3 aromatic rings. The lowest BCUT2D eigenvalue weighted by Crippen LogP contribution is -2.50. The van der Waals surface area contributed by atoms with Gasteiger partial charge in [-0.15, -0.1) is 0 Å². The van der Waals surface area contributed by atoms with E-state index in [1.54, 1.807) is 23.1 Å². The largest absolute Gasteiger partial charge is 0.350 e. The van der Waals surface area contributed by atoms with Crippen LogP contribution in [-0.4, -0.2) is 54.9 Å². The third kappa shape index (κ3) is 4.05. The van der Waals surface area contributed by atoms with E-state index in [1.807, 2.05) is 30.3 Å². The van der Waals surface area contributed by atoms with E-state index >= 15 is 0 Å². The Balaban J connectivity index is 1.42. The molecule has 9 heteroatoms. The van der Waals surface area contributed by atoms with E-state index in [0.29, 0.717) is 10.7 Å². The fourth-order valence-corrected chi connectivity index (χ4v) is 4.71. The van der Waals surface area contributed by atoms with Gasteiger partial charge in [-0.2, -0.15) is 4.31 Å². The van der Waals surface area contributed by atoms with Crippen molar-refractivity contribution in [2.75, 3.05) is 26.2 Å². The third-order valence-corrected chi connectivity index (χ3v) is 6.93. The number of halogens is 1. The van der Waals surface area contributed by atoms with Crippen LogP contribution in [0.15, 0.2) is 70.1 Å². The number of amides is 1. The van der Waals surface area contributed by atoms with Crippen LogP contribution in [0.3, 0.4) is 0 Å². The van der Waals surface area contributed by atoms with Crippen molar-refractivity contribution in [3.63, 3.8) is 0 Å². The number of hydrogen-bond acceptors (Lipinski definition) is 5. The minimum atomic E-state index is -3.62. The number of hydrogen-bond donors (Lipinski definition) is 0.